The molecule has 0 atom stereocenters. The van der Waals surface area contributed by atoms with Crippen molar-refractivity contribution in [3.05, 3.63) is 23.3 Å². The Labute approximate surface area is 155 Å². The van der Waals surface area contributed by atoms with Crippen LogP contribution in [0.2, 0.25) is 26.2 Å². The van der Waals surface area contributed by atoms with Crippen molar-refractivity contribution < 1.29 is 0 Å². The number of hydrogen-bond acceptors (Lipinski definition) is 0. The van der Waals surface area contributed by atoms with Gasteiger partial charge in [-0.25, -0.2) is 0 Å². The smallest absolute Gasteiger partial charge is 0.0671 e. The standard InChI is InChI=1S/C22H40Si2/c1-7-9-11-13-15-19-17-22(24(5)6)20(16-14-12-10-8-2)18-21(19)23(3)4/h17-18H,7-16H2,1-6H3. The van der Waals surface area contributed by atoms with Gasteiger partial charge in [0.25, 0.3) is 0 Å². The molecule has 0 aliphatic heterocycles. The Morgan fingerprint density at radius 1 is 0.583 bits per heavy atom. The summed E-state index contributed by atoms with van der Waals surface area (Å²) in [7, 11) is -0.742. The quantitative estimate of drug-likeness (QED) is 0.324. The van der Waals surface area contributed by atoms with E-state index in [0.717, 1.165) is 0 Å². The maximum atomic E-state index is 2.64. The summed E-state index contributed by atoms with van der Waals surface area (Å²) in [5.41, 5.74) is 3.40. The zero-order chi connectivity index (χ0) is 17.9. The molecule has 0 nitrogen and oxygen atoms in total. The Bertz CT molecular complexity index is 420. The van der Waals surface area contributed by atoms with Crippen molar-refractivity contribution in [2.75, 3.05) is 0 Å². The van der Waals surface area contributed by atoms with Gasteiger partial charge in [0.15, 0.2) is 0 Å². The highest BCUT2D eigenvalue weighted by Gasteiger charge is 2.15. The lowest BCUT2D eigenvalue weighted by molar-refractivity contribution is 0.665. The second-order valence-electron chi connectivity index (χ2n) is 7.79. The molecule has 0 saturated carbocycles. The molecule has 2 heteroatoms. The lowest BCUT2D eigenvalue weighted by Gasteiger charge is -2.20. The number of hydrogen-bond donors (Lipinski definition) is 0. The van der Waals surface area contributed by atoms with Gasteiger partial charge in [0.2, 0.25) is 0 Å². The second-order valence-corrected chi connectivity index (χ2v) is 12.9. The highest BCUT2D eigenvalue weighted by atomic mass is 28.3. The van der Waals surface area contributed by atoms with Crippen LogP contribution in [0.15, 0.2) is 12.1 Å². The summed E-state index contributed by atoms with van der Waals surface area (Å²) in [4.78, 5) is 0. The zero-order valence-electron chi connectivity index (χ0n) is 17.2. The van der Waals surface area contributed by atoms with E-state index in [4.69, 9.17) is 0 Å². The summed E-state index contributed by atoms with van der Waals surface area (Å²) in [5, 5.41) is 3.46. The molecule has 0 saturated heterocycles. The second kappa shape index (κ2) is 12.1. The summed E-state index contributed by atoms with van der Waals surface area (Å²) in [6.45, 7) is 14.5. The Morgan fingerprint density at radius 2 is 0.958 bits per heavy atom. The summed E-state index contributed by atoms with van der Waals surface area (Å²) >= 11 is 0. The molecular weight excluding hydrogens is 320 g/mol. The first kappa shape index (κ1) is 21.7. The van der Waals surface area contributed by atoms with Crippen molar-refractivity contribution in [3.8, 4) is 0 Å². The predicted molar refractivity (Wildman–Crippen MR) is 116 cm³/mol. The van der Waals surface area contributed by atoms with Crippen LogP contribution in [-0.4, -0.2) is 17.6 Å². The zero-order valence-corrected chi connectivity index (χ0v) is 19.2. The Morgan fingerprint density at radius 3 is 1.25 bits per heavy atom. The van der Waals surface area contributed by atoms with Crippen LogP contribution in [0, 0.1) is 0 Å². The summed E-state index contributed by atoms with van der Waals surface area (Å²) in [6, 6.07) is 5.28. The third-order valence-electron chi connectivity index (χ3n) is 5.01. The third kappa shape index (κ3) is 7.27. The van der Waals surface area contributed by atoms with Gasteiger partial charge in [-0.15, -0.1) is 0 Å². The lowest BCUT2D eigenvalue weighted by Crippen LogP contribution is -2.35. The van der Waals surface area contributed by atoms with E-state index in [1.807, 2.05) is 0 Å². The molecule has 0 aliphatic carbocycles. The molecule has 0 unspecified atom stereocenters. The molecule has 0 N–H and O–H groups in total. The molecule has 0 aliphatic rings. The average molecular weight is 361 g/mol. The fourth-order valence-electron chi connectivity index (χ4n) is 3.52. The lowest BCUT2D eigenvalue weighted by atomic mass is 10.0. The number of unbranched alkanes of at least 4 members (excludes halogenated alkanes) is 6. The summed E-state index contributed by atoms with van der Waals surface area (Å²) in [6.07, 6.45) is 13.6. The molecule has 1 rings (SSSR count). The molecule has 24 heavy (non-hydrogen) atoms. The first-order valence-electron chi connectivity index (χ1n) is 10.3. The van der Waals surface area contributed by atoms with Crippen LogP contribution in [0.5, 0.6) is 0 Å². The van der Waals surface area contributed by atoms with Gasteiger partial charge in [-0.05, 0) is 36.8 Å². The fraction of sp³-hybridized carbons (Fsp3) is 0.727. The van der Waals surface area contributed by atoms with Crippen LogP contribution >= 0.6 is 0 Å². The molecule has 136 valence electrons. The summed E-state index contributed by atoms with van der Waals surface area (Å²) < 4.78 is 0. The fourth-order valence-corrected chi connectivity index (χ4v) is 6.12. The molecular formula is C22H40Si2. The minimum absolute atomic E-state index is 0.371. The van der Waals surface area contributed by atoms with E-state index in [9.17, 15) is 0 Å². The van der Waals surface area contributed by atoms with Gasteiger partial charge in [0.05, 0.1) is 17.6 Å². The van der Waals surface area contributed by atoms with Crippen molar-refractivity contribution in [2.45, 2.75) is 104 Å². The summed E-state index contributed by atoms with van der Waals surface area (Å²) in [5.74, 6) is 0. The van der Waals surface area contributed by atoms with E-state index in [-0.39, 0.29) is 17.6 Å². The van der Waals surface area contributed by atoms with E-state index in [1.165, 1.54) is 64.2 Å². The maximum Gasteiger partial charge on any atom is 0.0795 e. The Hall–Kier alpha value is -0.346. The van der Waals surface area contributed by atoms with Crippen molar-refractivity contribution in [1.82, 2.24) is 0 Å². The van der Waals surface area contributed by atoms with Crippen molar-refractivity contribution >= 4 is 28.0 Å². The van der Waals surface area contributed by atoms with Crippen LogP contribution in [0.3, 0.4) is 0 Å². The molecule has 0 amide bonds. The van der Waals surface area contributed by atoms with Gasteiger partial charge in [-0.1, -0.05) is 101 Å². The van der Waals surface area contributed by atoms with E-state index in [2.05, 4.69) is 52.2 Å². The normalized spacial score (nSPS) is 11.7. The topological polar surface area (TPSA) is 0 Å². The van der Waals surface area contributed by atoms with Gasteiger partial charge in [0.1, 0.15) is 0 Å². The number of benzene rings is 1. The molecule has 0 heterocycles. The van der Waals surface area contributed by atoms with E-state index < -0.39 is 0 Å². The average Bonchev–Trinajstić information content (AvgIpc) is 2.55. The van der Waals surface area contributed by atoms with Gasteiger partial charge < -0.3 is 0 Å². The van der Waals surface area contributed by atoms with Crippen LogP contribution in [0.4, 0.5) is 0 Å². The minimum atomic E-state index is -0.371. The van der Waals surface area contributed by atoms with Gasteiger partial charge in [-0.2, -0.15) is 0 Å². The van der Waals surface area contributed by atoms with Crippen LogP contribution in [0.25, 0.3) is 0 Å². The predicted octanol–water partition coefficient (Wildman–Crippen LogP) is 5.86. The van der Waals surface area contributed by atoms with Crippen LogP contribution in [0.1, 0.15) is 76.3 Å². The minimum Gasteiger partial charge on any atom is -0.0671 e. The first-order chi connectivity index (χ1) is 11.5. The number of aryl methyl sites for hydroxylation is 2. The third-order valence-corrected chi connectivity index (χ3v) is 8.09. The molecule has 2 radical (unpaired) electrons. The number of rotatable bonds is 12. The van der Waals surface area contributed by atoms with Gasteiger partial charge >= 0.3 is 0 Å². The molecule has 0 aromatic heterocycles. The van der Waals surface area contributed by atoms with Crippen molar-refractivity contribution in [3.63, 3.8) is 0 Å². The SMILES string of the molecule is CCCCCCc1cc([Si](C)C)c(CCCCCC)cc1[Si](C)C. The van der Waals surface area contributed by atoms with Crippen molar-refractivity contribution in [1.29, 1.82) is 0 Å². The van der Waals surface area contributed by atoms with Gasteiger partial charge in [-0.3, -0.25) is 0 Å². The van der Waals surface area contributed by atoms with Gasteiger partial charge in [0, 0.05) is 0 Å². The first-order valence-corrected chi connectivity index (χ1v) is 15.3. The highest BCUT2D eigenvalue weighted by molar-refractivity contribution is 6.73. The van der Waals surface area contributed by atoms with Crippen molar-refractivity contribution in [2.24, 2.45) is 0 Å². The molecule has 0 spiro atoms. The maximum absolute atomic E-state index is 2.64. The van der Waals surface area contributed by atoms with E-state index in [0.29, 0.717) is 0 Å². The largest absolute Gasteiger partial charge is 0.0795 e. The van der Waals surface area contributed by atoms with Crippen LogP contribution in [-0.2, 0) is 12.8 Å². The highest BCUT2D eigenvalue weighted by Crippen LogP contribution is 2.12. The molecule has 1 aromatic rings. The molecule has 0 fully saturated rings. The molecule has 1 aromatic carbocycles. The van der Waals surface area contributed by atoms with E-state index >= 15 is 0 Å². The Balaban J connectivity index is 2.95. The molecule has 0 bridgehead atoms. The monoisotopic (exact) mass is 360 g/mol. The Kier molecular flexibility index (Phi) is 10.9. The van der Waals surface area contributed by atoms with Crippen LogP contribution < -0.4 is 10.4 Å². The van der Waals surface area contributed by atoms with E-state index in [1.54, 1.807) is 21.5 Å².